The molecule has 0 aliphatic heterocycles. The molecule has 0 unspecified atom stereocenters. The van der Waals surface area contributed by atoms with E-state index in [1.165, 1.54) is 18.3 Å². The highest BCUT2D eigenvalue weighted by Gasteiger charge is 2.14. The highest BCUT2D eigenvalue weighted by atomic mass is 35.5. The van der Waals surface area contributed by atoms with E-state index in [0.29, 0.717) is 22.5 Å². The normalized spacial score (nSPS) is 11.2. The minimum absolute atomic E-state index is 0.0718. The number of para-hydroxylation sites is 1. The summed E-state index contributed by atoms with van der Waals surface area (Å²) < 4.78 is 5.60. The van der Waals surface area contributed by atoms with E-state index in [1.54, 1.807) is 36.4 Å². The zero-order chi connectivity index (χ0) is 22.0. The Bertz CT molecular complexity index is 1310. The van der Waals surface area contributed by atoms with Crippen molar-refractivity contribution in [1.29, 1.82) is 0 Å². The number of nitro benzene ring substituents is 1. The first-order chi connectivity index (χ1) is 14.9. The largest absolute Gasteiger partial charge is 0.451 e. The van der Waals surface area contributed by atoms with E-state index in [0.717, 1.165) is 10.9 Å². The van der Waals surface area contributed by atoms with Gasteiger partial charge in [0.25, 0.3) is 11.6 Å². The molecule has 1 heterocycles. The molecule has 0 aliphatic carbocycles. The SMILES string of the molecule is Cc1cc(N=Cc2ccc(Cl)c([N+](=O)[O-])c2)ccc1NC(=O)c1cc2ccccc2o1. The number of nitrogens with zero attached hydrogens (tertiary/aromatic N) is 2. The number of nitrogens with one attached hydrogen (secondary N) is 1. The Morgan fingerprint density at radius 1 is 1.13 bits per heavy atom. The van der Waals surface area contributed by atoms with Crippen molar-refractivity contribution in [1.82, 2.24) is 0 Å². The monoisotopic (exact) mass is 433 g/mol. The minimum atomic E-state index is -0.538. The maximum Gasteiger partial charge on any atom is 0.291 e. The first-order valence-corrected chi connectivity index (χ1v) is 9.67. The number of aryl methyl sites for hydroxylation is 1. The Morgan fingerprint density at radius 3 is 2.68 bits per heavy atom. The summed E-state index contributed by atoms with van der Waals surface area (Å²) in [6, 6.07) is 18.9. The van der Waals surface area contributed by atoms with Gasteiger partial charge < -0.3 is 9.73 Å². The van der Waals surface area contributed by atoms with Gasteiger partial charge in [-0.15, -0.1) is 0 Å². The number of fused-ring (bicyclic) bond motifs is 1. The van der Waals surface area contributed by atoms with Crippen LogP contribution in [-0.2, 0) is 0 Å². The quantitative estimate of drug-likeness (QED) is 0.226. The van der Waals surface area contributed by atoms with Gasteiger partial charge in [-0.05, 0) is 54.4 Å². The average Bonchev–Trinajstić information content (AvgIpc) is 3.19. The van der Waals surface area contributed by atoms with E-state index in [9.17, 15) is 14.9 Å². The zero-order valence-electron chi connectivity index (χ0n) is 16.3. The standard InChI is InChI=1S/C23H16ClN3O4/c1-14-10-17(25-13-15-6-8-18(24)20(11-15)27(29)30)7-9-19(14)26-23(28)22-12-16-4-2-3-5-21(16)31-22/h2-13H,1H3,(H,26,28). The number of carbonyl (C=O) groups is 1. The fourth-order valence-electron chi connectivity index (χ4n) is 3.05. The van der Waals surface area contributed by atoms with Gasteiger partial charge in [0, 0.05) is 23.4 Å². The molecule has 7 nitrogen and oxygen atoms in total. The number of carbonyl (C=O) groups excluding carboxylic acids is 1. The van der Waals surface area contributed by atoms with Crippen molar-refractivity contribution in [2.75, 3.05) is 5.32 Å². The number of aliphatic imine (C=N–C) groups is 1. The van der Waals surface area contributed by atoms with Crippen molar-refractivity contribution in [2.24, 2.45) is 4.99 Å². The summed E-state index contributed by atoms with van der Waals surface area (Å²) in [6.07, 6.45) is 1.52. The number of furan rings is 1. The average molecular weight is 434 g/mol. The second-order valence-corrected chi connectivity index (χ2v) is 7.24. The Hall–Kier alpha value is -3.97. The zero-order valence-corrected chi connectivity index (χ0v) is 17.1. The second-order valence-electron chi connectivity index (χ2n) is 6.83. The van der Waals surface area contributed by atoms with Crippen molar-refractivity contribution < 1.29 is 14.1 Å². The fourth-order valence-corrected chi connectivity index (χ4v) is 3.23. The molecular formula is C23H16ClN3O4. The lowest BCUT2D eigenvalue weighted by Gasteiger charge is -2.07. The van der Waals surface area contributed by atoms with E-state index >= 15 is 0 Å². The van der Waals surface area contributed by atoms with Crippen LogP contribution in [0.3, 0.4) is 0 Å². The predicted molar refractivity (Wildman–Crippen MR) is 121 cm³/mol. The van der Waals surface area contributed by atoms with E-state index in [-0.39, 0.29) is 22.4 Å². The van der Waals surface area contributed by atoms with Gasteiger partial charge in [-0.3, -0.25) is 19.9 Å². The van der Waals surface area contributed by atoms with Crippen LogP contribution in [0.25, 0.3) is 11.0 Å². The summed E-state index contributed by atoms with van der Waals surface area (Å²) >= 11 is 5.83. The maximum atomic E-state index is 12.5. The van der Waals surface area contributed by atoms with Crippen LogP contribution in [-0.4, -0.2) is 17.0 Å². The Morgan fingerprint density at radius 2 is 1.94 bits per heavy atom. The Kier molecular flexibility index (Phi) is 5.51. The summed E-state index contributed by atoms with van der Waals surface area (Å²) in [7, 11) is 0. The van der Waals surface area contributed by atoms with Gasteiger partial charge in [-0.2, -0.15) is 0 Å². The first kappa shape index (κ1) is 20.3. The van der Waals surface area contributed by atoms with Crippen LogP contribution < -0.4 is 5.32 Å². The number of benzene rings is 3. The highest BCUT2D eigenvalue weighted by molar-refractivity contribution is 6.32. The number of hydrogen-bond donors (Lipinski definition) is 1. The van der Waals surface area contributed by atoms with Crippen LogP contribution in [0.2, 0.25) is 5.02 Å². The Balaban J connectivity index is 1.50. The van der Waals surface area contributed by atoms with E-state index in [4.69, 9.17) is 16.0 Å². The topological polar surface area (TPSA) is 97.7 Å². The molecule has 4 aromatic rings. The van der Waals surface area contributed by atoms with Gasteiger partial charge >= 0.3 is 0 Å². The summed E-state index contributed by atoms with van der Waals surface area (Å²) in [5.41, 5.74) is 3.10. The number of hydrogen-bond acceptors (Lipinski definition) is 5. The summed E-state index contributed by atoms with van der Waals surface area (Å²) in [4.78, 5) is 27.4. The molecule has 0 atom stereocenters. The third kappa shape index (κ3) is 4.46. The third-order valence-electron chi connectivity index (χ3n) is 4.64. The van der Waals surface area contributed by atoms with Gasteiger partial charge in [0.15, 0.2) is 5.76 Å². The molecule has 0 spiro atoms. The highest BCUT2D eigenvalue weighted by Crippen LogP contribution is 2.26. The van der Waals surface area contributed by atoms with E-state index < -0.39 is 4.92 Å². The molecule has 0 aliphatic rings. The fraction of sp³-hybridized carbons (Fsp3) is 0.0435. The van der Waals surface area contributed by atoms with Crippen molar-refractivity contribution in [3.8, 4) is 0 Å². The van der Waals surface area contributed by atoms with Gasteiger partial charge in [-0.1, -0.05) is 35.9 Å². The lowest BCUT2D eigenvalue weighted by Crippen LogP contribution is -2.11. The molecule has 1 aromatic heterocycles. The lowest BCUT2D eigenvalue weighted by atomic mass is 10.1. The van der Waals surface area contributed by atoms with Gasteiger partial charge in [0.1, 0.15) is 10.6 Å². The Labute approximate surface area is 182 Å². The van der Waals surface area contributed by atoms with E-state index in [1.807, 2.05) is 25.1 Å². The van der Waals surface area contributed by atoms with Crippen molar-refractivity contribution >= 4 is 51.8 Å². The summed E-state index contributed by atoms with van der Waals surface area (Å²) in [5, 5.41) is 14.8. The minimum Gasteiger partial charge on any atom is -0.451 e. The van der Waals surface area contributed by atoms with Crippen LogP contribution in [0.4, 0.5) is 17.1 Å². The molecule has 8 heteroatoms. The molecule has 0 fully saturated rings. The van der Waals surface area contributed by atoms with Crippen molar-refractivity contribution in [2.45, 2.75) is 6.92 Å². The van der Waals surface area contributed by atoms with Crippen molar-refractivity contribution in [3.63, 3.8) is 0 Å². The number of amides is 1. The van der Waals surface area contributed by atoms with Crippen LogP contribution in [0, 0.1) is 17.0 Å². The number of halogens is 1. The number of nitro groups is 1. The number of anilines is 1. The first-order valence-electron chi connectivity index (χ1n) is 9.29. The molecule has 0 radical (unpaired) electrons. The molecule has 1 N–H and O–H groups in total. The second kappa shape index (κ2) is 8.41. The maximum absolute atomic E-state index is 12.5. The lowest BCUT2D eigenvalue weighted by molar-refractivity contribution is -0.384. The molecule has 0 saturated heterocycles. The summed E-state index contributed by atoms with van der Waals surface area (Å²) in [6.45, 7) is 1.85. The summed E-state index contributed by atoms with van der Waals surface area (Å²) in [5.74, 6) is -0.115. The molecular weight excluding hydrogens is 418 g/mol. The van der Waals surface area contributed by atoms with Gasteiger partial charge in [0.05, 0.1) is 10.6 Å². The predicted octanol–water partition coefficient (Wildman–Crippen LogP) is 6.31. The molecule has 0 bridgehead atoms. The molecule has 4 rings (SSSR count). The van der Waals surface area contributed by atoms with Crippen LogP contribution in [0.1, 0.15) is 21.7 Å². The molecule has 3 aromatic carbocycles. The van der Waals surface area contributed by atoms with Crippen LogP contribution in [0.5, 0.6) is 0 Å². The van der Waals surface area contributed by atoms with Crippen LogP contribution >= 0.6 is 11.6 Å². The third-order valence-corrected chi connectivity index (χ3v) is 4.96. The van der Waals surface area contributed by atoms with E-state index in [2.05, 4.69) is 10.3 Å². The molecule has 1 amide bonds. The molecule has 154 valence electrons. The number of rotatable bonds is 5. The van der Waals surface area contributed by atoms with Crippen molar-refractivity contribution in [3.05, 3.63) is 98.8 Å². The smallest absolute Gasteiger partial charge is 0.291 e. The molecule has 0 saturated carbocycles. The van der Waals surface area contributed by atoms with Gasteiger partial charge in [0.2, 0.25) is 0 Å². The van der Waals surface area contributed by atoms with Crippen LogP contribution in [0.15, 0.2) is 76.1 Å². The van der Waals surface area contributed by atoms with Gasteiger partial charge in [-0.25, -0.2) is 0 Å². The molecule has 31 heavy (non-hydrogen) atoms.